The number of benzene rings is 1. The van der Waals surface area contributed by atoms with E-state index in [2.05, 4.69) is 16.0 Å². The van der Waals surface area contributed by atoms with Gasteiger partial charge in [0.15, 0.2) is 0 Å². The van der Waals surface area contributed by atoms with Gasteiger partial charge in [0.05, 0.1) is 5.69 Å². The molecule has 0 aliphatic heterocycles. The van der Waals surface area contributed by atoms with Gasteiger partial charge in [-0.3, -0.25) is 9.97 Å². The molecule has 0 aliphatic carbocycles. The summed E-state index contributed by atoms with van der Waals surface area (Å²) in [6, 6.07) is 18.9. The molecule has 0 spiro atoms. The fourth-order valence-electron chi connectivity index (χ4n) is 1.94. The Kier molecular flexibility index (Phi) is 2.84. The third-order valence-electron chi connectivity index (χ3n) is 2.78. The number of hydrogen-bond donors (Lipinski definition) is 0. The van der Waals surface area contributed by atoms with E-state index in [0.717, 1.165) is 22.4 Å². The fraction of sp³-hybridized carbons (Fsp3) is 0. The van der Waals surface area contributed by atoms with Gasteiger partial charge < -0.3 is 0 Å². The van der Waals surface area contributed by atoms with Crippen molar-refractivity contribution < 1.29 is 0 Å². The zero-order chi connectivity index (χ0) is 12.2. The number of aromatic nitrogens is 2. The average Bonchev–Trinajstić information content (AvgIpc) is 2.49. The minimum Gasteiger partial charge on any atom is -0.264 e. The summed E-state index contributed by atoms with van der Waals surface area (Å²) in [5.41, 5.74) is 4.24. The van der Waals surface area contributed by atoms with Crippen molar-refractivity contribution in [2.75, 3.05) is 0 Å². The molecule has 3 rings (SSSR count). The number of hydrogen-bond acceptors (Lipinski definition) is 2. The molecule has 0 saturated carbocycles. The van der Waals surface area contributed by atoms with E-state index < -0.39 is 0 Å². The van der Waals surface area contributed by atoms with Crippen LogP contribution in [-0.2, 0) is 0 Å². The molecule has 3 aromatic rings. The monoisotopic (exact) mass is 231 g/mol. The van der Waals surface area contributed by atoms with Gasteiger partial charge in [-0.25, -0.2) is 0 Å². The molecule has 2 aromatic heterocycles. The molecule has 1 radical (unpaired) electrons. The maximum Gasteiger partial charge on any atom is 0.0708 e. The number of nitrogens with zero attached hydrogens (tertiary/aromatic N) is 2. The molecule has 0 atom stereocenters. The van der Waals surface area contributed by atoms with E-state index in [9.17, 15) is 0 Å². The number of pyridine rings is 2. The van der Waals surface area contributed by atoms with Crippen LogP contribution in [0.1, 0.15) is 0 Å². The molecule has 85 valence electrons. The first-order valence-corrected chi connectivity index (χ1v) is 5.77. The van der Waals surface area contributed by atoms with Crippen LogP contribution >= 0.6 is 0 Å². The van der Waals surface area contributed by atoms with Crippen LogP contribution in [0.25, 0.3) is 22.4 Å². The molecule has 2 heteroatoms. The lowest BCUT2D eigenvalue weighted by Gasteiger charge is -2.08. The van der Waals surface area contributed by atoms with Crippen molar-refractivity contribution in [2.24, 2.45) is 0 Å². The maximum absolute atomic E-state index is 4.40. The average molecular weight is 231 g/mol. The van der Waals surface area contributed by atoms with Crippen LogP contribution in [0.5, 0.6) is 0 Å². The SMILES string of the molecule is [c]1ccc(-c2ccccn2)c(-c2cccnc2)c1. The van der Waals surface area contributed by atoms with Gasteiger partial charge in [-0.1, -0.05) is 24.3 Å². The quantitative estimate of drug-likeness (QED) is 0.673. The second-order valence-corrected chi connectivity index (χ2v) is 3.93. The molecule has 1 aromatic carbocycles. The summed E-state index contributed by atoms with van der Waals surface area (Å²) in [5, 5.41) is 0. The highest BCUT2D eigenvalue weighted by molar-refractivity contribution is 5.81. The lowest BCUT2D eigenvalue weighted by Crippen LogP contribution is -1.87. The summed E-state index contributed by atoms with van der Waals surface area (Å²) in [4.78, 5) is 8.56. The second-order valence-electron chi connectivity index (χ2n) is 3.93. The lowest BCUT2D eigenvalue weighted by molar-refractivity contribution is 1.31. The normalized spacial score (nSPS) is 10.2. The van der Waals surface area contributed by atoms with Crippen LogP contribution in [0.2, 0.25) is 0 Å². The van der Waals surface area contributed by atoms with Gasteiger partial charge in [-0.15, -0.1) is 0 Å². The van der Waals surface area contributed by atoms with Gasteiger partial charge in [-0.05, 0) is 35.9 Å². The molecule has 0 saturated heterocycles. The third kappa shape index (κ3) is 2.00. The minimum atomic E-state index is 0.963. The van der Waals surface area contributed by atoms with Gasteiger partial charge in [0.2, 0.25) is 0 Å². The van der Waals surface area contributed by atoms with Crippen LogP contribution in [0.3, 0.4) is 0 Å². The first-order chi connectivity index (χ1) is 8.95. The van der Waals surface area contributed by atoms with Crippen molar-refractivity contribution >= 4 is 0 Å². The lowest BCUT2D eigenvalue weighted by atomic mass is 9.99. The highest BCUT2D eigenvalue weighted by atomic mass is 14.7. The van der Waals surface area contributed by atoms with Crippen molar-refractivity contribution in [1.82, 2.24) is 9.97 Å². The van der Waals surface area contributed by atoms with Crippen LogP contribution < -0.4 is 0 Å². The smallest absolute Gasteiger partial charge is 0.0708 e. The molecule has 2 nitrogen and oxygen atoms in total. The zero-order valence-corrected chi connectivity index (χ0v) is 9.75. The van der Waals surface area contributed by atoms with Gasteiger partial charge in [0.25, 0.3) is 0 Å². The Morgan fingerprint density at radius 3 is 2.67 bits per heavy atom. The summed E-state index contributed by atoms with van der Waals surface area (Å²) in [5.74, 6) is 0. The standard InChI is InChI=1S/C16H11N2/c1-2-8-15(16-9-3-4-11-18-16)14(7-1)13-6-5-10-17-12-13/h2-12H. The highest BCUT2D eigenvalue weighted by Gasteiger charge is 2.07. The van der Waals surface area contributed by atoms with E-state index >= 15 is 0 Å². The van der Waals surface area contributed by atoms with E-state index in [1.165, 1.54) is 0 Å². The zero-order valence-electron chi connectivity index (χ0n) is 9.75. The summed E-state index contributed by atoms with van der Waals surface area (Å²) < 4.78 is 0. The Morgan fingerprint density at radius 2 is 1.89 bits per heavy atom. The predicted octanol–water partition coefficient (Wildman–Crippen LogP) is 3.61. The maximum atomic E-state index is 4.40. The van der Waals surface area contributed by atoms with Gasteiger partial charge in [0.1, 0.15) is 0 Å². The van der Waals surface area contributed by atoms with E-state index in [1.807, 2.05) is 54.7 Å². The third-order valence-corrected chi connectivity index (χ3v) is 2.78. The van der Waals surface area contributed by atoms with Gasteiger partial charge in [-0.2, -0.15) is 0 Å². The Bertz CT molecular complexity index is 575. The summed E-state index contributed by atoms with van der Waals surface area (Å²) in [6.45, 7) is 0. The van der Waals surface area contributed by atoms with Crippen LogP contribution in [0, 0.1) is 6.07 Å². The molecule has 18 heavy (non-hydrogen) atoms. The molecular formula is C16H11N2. The molecular weight excluding hydrogens is 220 g/mol. The Balaban J connectivity index is 2.18. The molecule has 0 unspecified atom stereocenters. The Labute approximate surface area is 106 Å². The summed E-state index contributed by atoms with van der Waals surface area (Å²) in [6.07, 6.45) is 5.44. The largest absolute Gasteiger partial charge is 0.264 e. The van der Waals surface area contributed by atoms with E-state index in [-0.39, 0.29) is 0 Å². The van der Waals surface area contributed by atoms with Crippen LogP contribution in [0.4, 0.5) is 0 Å². The van der Waals surface area contributed by atoms with E-state index in [1.54, 1.807) is 12.4 Å². The van der Waals surface area contributed by atoms with Gasteiger partial charge in [0, 0.05) is 29.7 Å². The first kappa shape index (κ1) is 10.7. The molecule has 2 heterocycles. The van der Waals surface area contributed by atoms with Crippen molar-refractivity contribution in [1.29, 1.82) is 0 Å². The second kappa shape index (κ2) is 4.80. The van der Waals surface area contributed by atoms with Crippen molar-refractivity contribution in [3.63, 3.8) is 0 Å². The van der Waals surface area contributed by atoms with Crippen molar-refractivity contribution in [2.45, 2.75) is 0 Å². The fourth-order valence-corrected chi connectivity index (χ4v) is 1.94. The highest BCUT2D eigenvalue weighted by Crippen LogP contribution is 2.29. The van der Waals surface area contributed by atoms with Gasteiger partial charge >= 0.3 is 0 Å². The Morgan fingerprint density at radius 1 is 0.889 bits per heavy atom. The van der Waals surface area contributed by atoms with Crippen molar-refractivity contribution in [3.8, 4) is 22.4 Å². The number of rotatable bonds is 2. The van der Waals surface area contributed by atoms with E-state index in [0.29, 0.717) is 0 Å². The van der Waals surface area contributed by atoms with Crippen molar-refractivity contribution in [3.05, 3.63) is 73.2 Å². The summed E-state index contributed by atoms with van der Waals surface area (Å²) in [7, 11) is 0. The first-order valence-electron chi connectivity index (χ1n) is 5.77. The summed E-state index contributed by atoms with van der Waals surface area (Å²) >= 11 is 0. The van der Waals surface area contributed by atoms with Crippen LogP contribution in [-0.4, -0.2) is 9.97 Å². The minimum absolute atomic E-state index is 0.963. The Hall–Kier alpha value is -2.48. The van der Waals surface area contributed by atoms with Crippen LogP contribution in [0.15, 0.2) is 67.1 Å². The molecule has 0 aliphatic rings. The molecule has 0 N–H and O–H groups in total. The molecule has 0 amide bonds. The van der Waals surface area contributed by atoms with E-state index in [4.69, 9.17) is 0 Å². The molecule has 0 fully saturated rings. The molecule has 0 bridgehead atoms. The topological polar surface area (TPSA) is 25.8 Å². The predicted molar refractivity (Wildman–Crippen MR) is 71.7 cm³/mol.